The highest BCUT2D eigenvalue weighted by Gasteiger charge is 2.23. The molecule has 6 heteroatoms. The first-order valence-electron chi connectivity index (χ1n) is 10.2. The van der Waals surface area contributed by atoms with Crippen LogP contribution in [-0.2, 0) is 9.59 Å². The standard InChI is InChI=1S/C21H32N4O2/c1-18(19-7-3-2-4-8-19)22-20(26)9-12-23-13-15-24(16-14-23)17-21(27)25-10-5-6-11-25/h2-4,7-8,18H,5-6,9-17H2,1H3,(H,22,26). The molecule has 0 radical (unpaired) electrons. The molecule has 0 saturated carbocycles. The molecule has 0 spiro atoms. The van der Waals surface area contributed by atoms with Crippen LogP contribution in [0, 0.1) is 0 Å². The van der Waals surface area contributed by atoms with Crippen molar-refractivity contribution in [2.75, 3.05) is 52.4 Å². The lowest BCUT2D eigenvalue weighted by Crippen LogP contribution is -2.50. The SMILES string of the molecule is CC(NC(=O)CCN1CCN(CC(=O)N2CCCC2)CC1)c1ccccc1. The van der Waals surface area contributed by atoms with Gasteiger partial charge in [0.25, 0.3) is 0 Å². The van der Waals surface area contributed by atoms with Crippen molar-refractivity contribution in [2.45, 2.75) is 32.2 Å². The number of piperazine rings is 1. The van der Waals surface area contributed by atoms with Gasteiger partial charge in [-0.05, 0) is 25.3 Å². The van der Waals surface area contributed by atoms with Gasteiger partial charge in [-0.25, -0.2) is 0 Å². The second-order valence-corrected chi connectivity index (χ2v) is 7.66. The zero-order chi connectivity index (χ0) is 19.1. The minimum Gasteiger partial charge on any atom is -0.350 e. The lowest BCUT2D eigenvalue weighted by atomic mass is 10.1. The molecule has 0 bridgehead atoms. The molecule has 148 valence electrons. The largest absolute Gasteiger partial charge is 0.350 e. The maximum absolute atomic E-state index is 12.2. The Kier molecular flexibility index (Phi) is 7.24. The molecule has 0 aromatic heterocycles. The Labute approximate surface area is 162 Å². The van der Waals surface area contributed by atoms with Gasteiger partial charge in [0.15, 0.2) is 0 Å². The minimum atomic E-state index is 0.0344. The molecule has 6 nitrogen and oxygen atoms in total. The molecule has 2 amide bonds. The smallest absolute Gasteiger partial charge is 0.236 e. The summed E-state index contributed by atoms with van der Waals surface area (Å²) in [5.74, 6) is 0.369. The van der Waals surface area contributed by atoms with E-state index in [1.807, 2.05) is 42.2 Å². The predicted molar refractivity (Wildman–Crippen MR) is 106 cm³/mol. The van der Waals surface area contributed by atoms with Gasteiger partial charge < -0.3 is 15.1 Å². The van der Waals surface area contributed by atoms with E-state index in [0.29, 0.717) is 13.0 Å². The summed E-state index contributed by atoms with van der Waals surface area (Å²) in [5, 5.41) is 3.08. The van der Waals surface area contributed by atoms with Crippen LogP contribution in [0.3, 0.4) is 0 Å². The molecule has 1 atom stereocenters. The monoisotopic (exact) mass is 372 g/mol. The van der Waals surface area contributed by atoms with E-state index < -0.39 is 0 Å². The van der Waals surface area contributed by atoms with Crippen LogP contribution in [0.2, 0.25) is 0 Å². The van der Waals surface area contributed by atoms with E-state index in [-0.39, 0.29) is 17.9 Å². The highest BCUT2D eigenvalue weighted by molar-refractivity contribution is 5.78. The van der Waals surface area contributed by atoms with Gasteiger partial charge in [-0.1, -0.05) is 30.3 Å². The second-order valence-electron chi connectivity index (χ2n) is 7.66. The Balaban J connectivity index is 1.32. The first kappa shape index (κ1) is 19.8. The van der Waals surface area contributed by atoms with E-state index in [9.17, 15) is 9.59 Å². The van der Waals surface area contributed by atoms with Crippen molar-refractivity contribution in [1.29, 1.82) is 0 Å². The Hall–Kier alpha value is -1.92. The summed E-state index contributed by atoms with van der Waals surface area (Å²) in [7, 11) is 0. The zero-order valence-electron chi connectivity index (χ0n) is 16.4. The lowest BCUT2D eigenvalue weighted by molar-refractivity contribution is -0.131. The summed E-state index contributed by atoms with van der Waals surface area (Å²) in [6, 6.07) is 10.1. The van der Waals surface area contributed by atoms with E-state index in [1.165, 1.54) is 0 Å². The Morgan fingerprint density at radius 1 is 0.963 bits per heavy atom. The summed E-state index contributed by atoms with van der Waals surface area (Å²) in [6.45, 7) is 8.85. The van der Waals surface area contributed by atoms with Crippen LogP contribution in [0.25, 0.3) is 0 Å². The maximum atomic E-state index is 12.2. The summed E-state index contributed by atoms with van der Waals surface area (Å²) in [5.41, 5.74) is 1.13. The molecule has 2 aliphatic rings. The average molecular weight is 373 g/mol. The van der Waals surface area contributed by atoms with Gasteiger partial charge in [0.05, 0.1) is 12.6 Å². The van der Waals surface area contributed by atoms with Crippen molar-refractivity contribution in [3.05, 3.63) is 35.9 Å². The van der Waals surface area contributed by atoms with E-state index in [2.05, 4.69) is 15.1 Å². The Morgan fingerprint density at radius 2 is 1.59 bits per heavy atom. The molecule has 1 aromatic rings. The molecule has 27 heavy (non-hydrogen) atoms. The Morgan fingerprint density at radius 3 is 2.26 bits per heavy atom. The number of likely N-dealkylation sites (tertiary alicyclic amines) is 1. The van der Waals surface area contributed by atoms with Gasteiger partial charge in [0.2, 0.25) is 11.8 Å². The summed E-state index contributed by atoms with van der Waals surface area (Å²) in [4.78, 5) is 31.0. The summed E-state index contributed by atoms with van der Waals surface area (Å²) in [6.07, 6.45) is 2.80. The van der Waals surface area contributed by atoms with Gasteiger partial charge in [-0.2, -0.15) is 0 Å². The van der Waals surface area contributed by atoms with Crippen LogP contribution in [0.5, 0.6) is 0 Å². The summed E-state index contributed by atoms with van der Waals surface area (Å²) < 4.78 is 0. The normalized spacial score (nSPS) is 19.8. The van der Waals surface area contributed by atoms with Gasteiger partial charge in [0, 0.05) is 52.2 Å². The van der Waals surface area contributed by atoms with E-state index in [1.54, 1.807) is 0 Å². The molecule has 0 aliphatic carbocycles. The van der Waals surface area contributed by atoms with E-state index in [4.69, 9.17) is 0 Å². The van der Waals surface area contributed by atoms with Crippen molar-refractivity contribution in [3.8, 4) is 0 Å². The number of carbonyl (C=O) groups is 2. The molecular formula is C21H32N4O2. The zero-order valence-corrected chi connectivity index (χ0v) is 16.4. The number of nitrogens with zero attached hydrogens (tertiary/aromatic N) is 3. The van der Waals surface area contributed by atoms with Crippen LogP contribution in [-0.4, -0.2) is 78.9 Å². The molecule has 2 saturated heterocycles. The van der Waals surface area contributed by atoms with Crippen LogP contribution >= 0.6 is 0 Å². The average Bonchev–Trinajstić information content (AvgIpc) is 3.23. The number of carbonyl (C=O) groups excluding carboxylic acids is 2. The van der Waals surface area contributed by atoms with Crippen LogP contribution in [0.4, 0.5) is 0 Å². The number of amides is 2. The first-order chi connectivity index (χ1) is 13.1. The molecule has 2 aliphatic heterocycles. The second kappa shape index (κ2) is 9.85. The fourth-order valence-electron chi connectivity index (χ4n) is 3.83. The molecule has 2 fully saturated rings. The molecular weight excluding hydrogens is 340 g/mol. The number of nitrogens with one attached hydrogen (secondary N) is 1. The fourth-order valence-corrected chi connectivity index (χ4v) is 3.83. The summed E-state index contributed by atoms with van der Waals surface area (Å²) >= 11 is 0. The van der Waals surface area contributed by atoms with Gasteiger partial charge in [-0.3, -0.25) is 14.5 Å². The highest BCUT2D eigenvalue weighted by atomic mass is 16.2. The third-order valence-corrected chi connectivity index (χ3v) is 5.61. The third kappa shape index (κ3) is 6.04. The number of benzene rings is 1. The fraction of sp³-hybridized carbons (Fsp3) is 0.619. The molecule has 1 aromatic carbocycles. The lowest BCUT2D eigenvalue weighted by Gasteiger charge is -2.34. The van der Waals surface area contributed by atoms with Gasteiger partial charge in [-0.15, -0.1) is 0 Å². The molecule has 2 heterocycles. The number of hydrogen-bond donors (Lipinski definition) is 1. The van der Waals surface area contributed by atoms with Crippen molar-refractivity contribution < 1.29 is 9.59 Å². The van der Waals surface area contributed by atoms with Crippen LogP contribution < -0.4 is 5.32 Å². The van der Waals surface area contributed by atoms with Crippen LogP contribution in [0.15, 0.2) is 30.3 Å². The van der Waals surface area contributed by atoms with E-state index in [0.717, 1.165) is 64.2 Å². The van der Waals surface area contributed by atoms with Crippen molar-refractivity contribution in [3.63, 3.8) is 0 Å². The number of hydrogen-bond acceptors (Lipinski definition) is 4. The van der Waals surface area contributed by atoms with E-state index >= 15 is 0 Å². The molecule has 1 N–H and O–H groups in total. The molecule has 3 rings (SSSR count). The van der Waals surface area contributed by atoms with Crippen molar-refractivity contribution >= 4 is 11.8 Å². The van der Waals surface area contributed by atoms with Crippen molar-refractivity contribution in [2.24, 2.45) is 0 Å². The maximum Gasteiger partial charge on any atom is 0.236 e. The van der Waals surface area contributed by atoms with Gasteiger partial charge in [0.1, 0.15) is 0 Å². The minimum absolute atomic E-state index is 0.0344. The van der Waals surface area contributed by atoms with Gasteiger partial charge >= 0.3 is 0 Å². The predicted octanol–water partition coefficient (Wildman–Crippen LogP) is 1.49. The quantitative estimate of drug-likeness (QED) is 0.788. The third-order valence-electron chi connectivity index (χ3n) is 5.61. The number of rotatable bonds is 7. The topological polar surface area (TPSA) is 55.9 Å². The first-order valence-corrected chi connectivity index (χ1v) is 10.2. The molecule has 1 unspecified atom stereocenters. The highest BCUT2D eigenvalue weighted by Crippen LogP contribution is 2.12. The van der Waals surface area contributed by atoms with Crippen molar-refractivity contribution in [1.82, 2.24) is 20.0 Å². The Bertz CT molecular complexity index is 608. The van der Waals surface area contributed by atoms with Crippen LogP contribution in [0.1, 0.15) is 37.8 Å².